The second-order valence-electron chi connectivity index (χ2n) is 6.22. The zero-order valence-corrected chi connectivity index (χ0v) is 14.5. The molecule has 1 saturated carbocycles. The Labute approximate surface area is 149 Å². The summed E-state index contributed by atoms with van der Waals surface area (Å²) in [5.74, 6) is -1.46. The molecular weight excluding hydrogens is 346 g/mol. The van der Waals surface area contributed by atoms with Crippen LogP contribution in [0.5, 0.6) is 11.8 Å². The molecule has 1 aliphatic rings. The van der Waals surface area contributed by atoms with Gasteiger partial charge in [-0.2, -0.15) is 4.98 Å². The van der Waals surface area contributed by atoms with Crippen molar-refractivity contribution >= 4 is 5.91 Å². The van der Waals surface area contributed by atoms with Gasteiger partial charge in [0.05, 0.1) is 13.2 Å². The molecule has 0 spiro atoms. The zero-order chi connectivity index (χ0) is 18.7. The number of amides is 1. The van der Waals surface area contributed by atoms with Gasteiger partial charge >= 0.3 is 6.01 Å². The first kappa shape index (κ1) is 18.1. The number of hydrogen-bond donors (Lipinski definition) is 1. The SMILES string of the molecule is COc1nc(C(=O)NC2CCC(Oc3cc(F)cc(F)c3)CC2)nn1C. The molecule has 1 fully saturated rings. The normalized spacial score (nSPS) is 19.8. The van der Waals surface area contributed by atoms with Crippen LogP contribution in [0.1, 0.15) is 36.3 Å². The molecule has 3 rings (SSSR count). The fraction of sp³-hybridized carbons (Fsp3) is 0.471. The Morgan fingerprint density at radius 3 is 2.42 bits per heavy atom. The first-order valence-electron chi connectivity index (χ1n) is 8.33. The van der Waals surface area contributed by atoms with E-state index in [1.165, 1.54) is 11.8 Å². The maximum atomic E-state index is 13.2. The van der Waals surface area contributed by atoms with Gasteiger partial charge in [0.2, 0.25) is 5.82 Å². The van der Waals surface area contributed by atoms with Crippen molar-refractivity contribution in [3.63, 3.8) is 0 Å². The second kappa shape index (κ2) is 7.67. The van der Waals surface area contributed by atoms with E-state index in [2.05, 4.69) is 15.4 Å². The lowest BCUT2D eigenvalue weighted by Gasteiger charge is -2.29. The van der Waals surface area contributed by atoms with Gasteiger partial charge in [0.25, 0.3) is 5.91 Å². The van der Waals surface area contributed by atoms with Crippen LogP contribution >= 0.6 is 0 Å². The molecular formula is C17H20F2N4O3. The molecule has 1 aromatic carbocycles. The standard InChI is InChI=1S/C17H20F2N4O3/c1-23-17(25-2)21-15(22-23)16(24)20-12-3-5-13(6-4-12)26-14-8-10(18)7-11(19)9-14/h7-9,12-13H,3-6H2,1-2H3,(H,20,24). The summed E-state index contributed by atoms with van der Waals surface area (Å²) in [6.45, 7) is 0. The number of carbonyl (C=O) groups is 1. The predicted molar refractivity (Wildman–Crippen MR) is 88.1 cm³/mol. The van der Waals surface area contributed by atoms with Crippen LogP contribution in [0.3, 0.4) is 0 Å². The average Bonchev–Trinajstić information content (AvgIpc) is 2.97. The number of aryl methyl sites for hydroxylation is 1. The largest absolute Gasteiger partial charge is 0.490 e. The van der Waals surface area contributed by atoms with Crippen molar-refractivity contribution in [2.24, 2.45) is 7.05 Å². The van der Waals surface area contributed by atoms with E-state index in [9.17, 15) is 13.6 Å². The third-order valence-electron chi connectivity index (χ3n) is 4.26. The first-order valence-corrected chi connectivity index (χ1v) is 8.33. The van der Waals surface area contributed by atoms with Crippen molar-refractivity contribution in [1.82, 2.24) is 20.1 Å². The third-order valence-corrected chi connectivity index (χ3v) is 4.26. The van der Waals surface area contributed by atoms with Gasteiger partial charge in [0, 0.05) is 31.3 Å². The number of aromatic nitrogens is 3. The van der Waals surface area contributed by atoms with Gasteiger partial charge in [-0.25, -0.2) is 13.5 Å². The monoisotopic (exact) mass is 366 g/mol. The topological polar surface area (TPSA) is 78.3 Å². The van der Waals surface area contributed by atoms with Gasteiger partial charge < -0.3 is 14.8 Å². The molecule has 1 heterocycles. The smallest absolute Gasteiger partial charge is 0.314 e. The van der Waals surface area contributed by atoms with Crippen molar-refractivity contribution in [3.8, 4) is 11.8 Å². The third kappa shape index (κ3) is 4.27. The molecule has 0 atom stereocenters. The number of rotatable bonds is 5. The summed E-state index contributed by atoms with van der Waals surface area (Å²) in [5, 5.41) is 6.90. The van der Waals surface area contributed by atoms with E-state index in [4.69, 9.17) is 9.47 Å². The number of hydrogen-bond acceptors (Lipinski definition) is 5. The first-order chi connectivity index (χ1) is 12.4. The van der Waals surface area contributed by atoms with Gasteiger partial charge in [-0.15, -0.1) is 5.10 Å². The van der Waals surface area contributed by atoms with Gasteiger partial charge in [-0.3, -0.25) is 4.79 Å². The van der Waals surface area contributed by atoms with Gasteiger partial charge in [-0.05, 0) is 25.7 Å². The Balaban J connectivity index is 1.51. The van der Waals surface area contributed by atoms with Crippen molar-refractivity contribution in [1.29, 1.82) is 0 Å². The maximum absolute atomic E-state index is 13.2. The lowest BCUT2D eigenvalue weighted by atomic mass is 9.93. The average molecular weight is 366 g/mol. The molecule has 2 aromatic rings. The van der Waals surface area contributed by atoms with Crippen molar-refractivity contribution < 1.29 is 23.0 Å². The molecule has 1 aliphatic carbocycles. The Kier molecular flexibility index (Phi) is 5.34. The van der Waals surface area contributed by atoms with Crippen LogP contribution in [0.15, 0.2) is 18.2 Å². The molecule has 0 saturated heterocycles. The summed E-state index contributed by atoms with van der Waals surface area (Å²) in [7, 11) is 3.10. The summed E-state index contributed by atoms with van der Waals surface area (Å²) in [4.78, 5) is 16.2. The fourth-order valence-electron chi connectivity index (χ4n) is 3.01. The molecule has 0 unspecified atom stereocenters. The molecule has 26 heavy (non-hydrogen) atoms. The van der Waals surface area contributed by atoms with Crippen LogP contribution in [0, 0.1) is 11.6 Å². The molecule has 7 nitrogen and oxygen atoms in total. The summed E-state index contributed by atoms with van der Waals surface area (Å²) in [5.41, 5.74) is 0. The number of nitrogens with one attached hydrogen (secondary N) is 1. The minimum Gasteiger partial charge on any atom is -0.490 e. The number of ether oxygens (including phenoxy) is 2. The van der Waals surface area contributed by atoms with Crippen LogP contribution in [0.4, 0.5) is 8.78 Å². The highest BCUT2D eigenvalue weighted by Gasteiger charge is 2.25. The summed E-state index contributed by atoms with van der Waals surface area (Å²) < 4.78 is 38.5. The van der Waals surface area contributed by atoms with Gasteiger partial charge in [0.15, 0.2) is 0 Å². The van der Waals surface area contributed by atoms with Crippen molar-refractivity contribution in [2.75, 3.05) is 7.11 Å². The zero-order valence-electron chi connectivity index (χ0n) is 14.5. The van der Waals surface area contributed by atoms with Crippen LogP contribution < -0.4 is 14.8 Å². The molecule has 140 valence electrons. The number of halogens is 2. The van der Waals surface area contributed by atoms with Crippen LogP contribution in [-0.2, 0) is 7.05 Å². The van der Waals surface area contributed by atoms with Crippen molar-refractivity contribution in [3.05, 3.63) is 35.7 Å². The lowest BCUT2D eigenvalue weighted by molar-refractivity contribution is 0.0883. The minimum atomic E-state index is -0.667. The predicted octanol–water partition coefficient (Wildman–Crippen LogP) is 2.22. The molecule has 0 bridgehead atoms. The second-order valence-corrected chi connectivity index (χ2v) is 6.22. The fourth-order valence-corrected chi connectivity index (χ4v) is 3.01. The van der Waals surface area contributed by atoms with Gasteiger partial charge in [-0.1, -0.05) is 0 Å². The molecule has 1 aromatic heterocycles. The van der Waals surface area contributed by atoms with E-state index in [1.54, 1.807) is 7.05 Å². The lowest BCUT2D eigenvalue weighted by Crippen LogP contribution is -2.40. The highest BCUT2D eigenvalue weighted by Crippen LogP contribution is 2.25. The van der Waals surface area contributed by atoms with E-state index in [-0.39, 0.29) is 35.6 Å². The number of benzene rings is 1. The Hall–Kier alpha value is -2.71. The van der Waals surface area contributed by atoms with Crippen molar-refractivity contribution in [2.45, 2.75) is 37.8 Å². The number of carbonyl (C=O) groups excluding carboxylic acids is 1. The highest BCUT2D eigenvalue weighted by atomic mass is 19.1. The Bertz CT molecular complexity index is 768. The Morgan fingerprint density at radius 1 is 1.19 bits per heavy atom. The van der Waals surface area contributed by atoms with E-state index in [1.807, 2.05) is 0 Å². The quantitative estimate of drug-likeness (QED) is 0.878. The van der Waals surface area contributed by atoms with E-state index < -0.39 is 11.6 Å². The minimum absolute atomic E-state index is 0.0265. The molecule has 1 N–H and O–H groups in total. The molecule has 0 aliphatic heterocycles. The van der Waals surface area contributed by atoms with E-state index in [0.717, 1.165) is 18.2 Å². The maximum Gasteiger partial charge on any atom is 0.314 e. The molecule has 9 heteroatoms. The van der Waals surface area contributed by atoms with Crippen LogP contribution in [0.25, 0.3) is 0 Å². The highest BCUT2D eigenvalue weighted by molar-refractivity contribution is 5.90. The van der Waals surface area contributed by atoms with E-state index in [0.29, 0.717) is 25.7 Å². The molecule has 0 radical (unpaired) electrons. The summed E-state index contributed by atoms with van der Waals surface area (Å²) in [6, 6.07) is 3.37. The Morgan fingerprint density at radius 2 is 1.85 bits per heavy atom. The van der Waals surface area contributed by atoms with Crippen LogP contribution in [-0.4, -0.2) is 39.9 Å². The van der Waals surface area contributed by atoms with E-state index >= 15 is 0 Å². The summed E-state index contributed by atoms with van der Waals surface area (Å²) >= 11 is 0. The number of nitrogens with zero attached hydrogens (tertiary/aromatic N) is 3. The van der Waals surface area contributed by atoms with Crippen LogP contribution in [0.2, 0.25) is 0 Å². The number of methoxy groups -OCH3 is 1. The van der Waals surface area contributed by atoms with Gasteiger partial charge in [0.1, 0.15) is 17.4 Å². The molecule has 1 amide bonds. The summed E-state index contributed by atoms with van der Waals surface area (Å²) in [6.07, 6.45) is 2.58.